The molecule has 2 aliphatic rings. The maximum absolute atomic E-state index is 13.3. The van der Waals surface area contributed by atoms with Crippen LogP contribution in [0.5, 0.6) is 0 Å². The van der Waals surface area contributed by atoms with Crippen LogP contribution < -0.4 is 9.62 Å². The highest BCUT2D eigenvalue weighted by molar-refractivity contribution is 7.89. The van der Waals surface area contributed by atoms with Crippen LogP contribution in [0.1, 0.15) is 44.0 Å². The molecule has 0 amide bonds. The highest BCUT2D eigenvalue weighted by Gasteiger charge is 2.42. The lowest BCUT2D eigenvalue weighted by Crippen LogP contribution is -2.49. The fraction of sp³-hybridized carbons (Fsp3) is 0.591. The Labute approximate surface area is 212 Å². The molecule has 0 atom stereocenters. The minimum atomic E-state index is -3.87. The van der Waals surface area contributed by atoms with Crippen molar-refractivity contribution in [2.45, 2.75) is 55.1 Å². The largest absolute Gasteiger partial charge is 0.388 e. The van der Waals surface area contributed by atoms with Gasteiger partial charge in [0.25, 0.3) is 6.43 Å². The summed E-state index contributed by atoms with van der Waals surface area (Å²) in [6, 6.07) is 1.62. The Morgan fingerprint density at radius 1 is 1.22 bits per heavy atom. The van der Waals surface area contributed by atoms with E-state index in [0.29, 0.717) is 43.7 Å². The van der Waals surface area contributed by atoms with E-state index >= 15 is 0 Å². The second-order valence-electron chi connectivity index (χ2n) is 10.3. The van der Waals surface area contributed by atoms with Gasteiger partial charge in [0.1, 0.15) is 4.90 Å². The number of hydrogen-bond donors (Lipinski definition) is 2. The third-order valence-corrected chi connectivity index (χ3v) is 9.28. The number of hydrogen-bond acceptors (Lipinski definition) is 9. The Kier molecular flexibility index (Phi) is 6.31. The summed E-state index contributed by atoms with van der Waals surface area (Å²) in [5, 5.41) is 18.1. The van der Waals surface area contributed by atoms with Crippen LogP contribution >= 0.6 is 11.3 Å². The summed E-state index contributed by atoms with van der Waals surface area (Å²) in [5.74, 6) is 0.242. The lowest BCUT2D eigenvalue weighted by atomic mass is 9.90. The number of aromatic nitrogens is 4. The van der Waals surface area contributed by atoms with Crippen LogP contribution in [0, 0.1) is 0 Å². The number of piperidine rings is 1. The van der Waals surface area contributed by atoms with Gasteiger partial charge < -0.3 is 14.9 Å². The van der Waals surface area contributed by atoms with E-state index in [1.54, 1.807) is 16.7 Å². The predicted molar refractivity (Wildman–Crippen MR) is 132 cm³/mol. The molecule has 3 aromatic rings. The van der Waals surface area contributed by atoms with E-state index in [1.807, 2.05) is 30.8 Å². The second-order valence-corrected chi connectivity index (χ2v) is 13.0. The molecule has 14 heteroatoms. The average molecular weight is 542 g/mol. The molecule has 5 rings (SSSR count). The van der Waals surface area contributed by atoms with E-state index in [2.05, 4.69) is 19.9 Å². The number of sulfonamides is 1. The van der Waals surface area contributed by atoms with Crippen LogP contribution in [0.15, 0.2) is 23.4 Å². The van der Waals surface area contributed by atoms with Crippen molar-refractivity contribution in [3.63, 3.8) is 0 Å². The van der Waals surface area contributed by atoms with Crippen molar-refractivity contribution in [1.82, 2.24) is 29.2 Å². The maximum Gasteiger partial charge on any atom is 0.291 e. The summed E-state index contributed by atoms with van der Waals surface area (Å²) >= 11 is 0.722. The number of nitrogens with one attached hydrogen (secondary N) is 1. The SMILES string of the molecule is CN(C)CC1(O)CCN(c2cc(S(=O)(=O)NC3(C)CC3)cn3c(-c4nnc(C(F)F)s4)ncc23)CC1. The number of fused-ring (bicyclic) bond motifs is 1. The van der Waals surface area contributed by atoms with Crippen molar-refractivity contribution in [2.75, 3.05) is 38.6 Å². The maximum atomic E-state index is 13.3. The summed E-state index contributed by atoms with van der Waals surface area (Å²) in [7, 11) is -0.0399. The topological polar surface area (TPSA) is 116 Å². The van der Waals surface area contributed by atoms with Crippen molar-refractivity contribution in [2.24, 2.45) is 0 Å². The lowest BCUT2D eigenvalue weighted by molar-refractivity contribution is -0.00536. The van der Waals surface area contributed by atoms with Gasteiger partial charge in [0.15, 0.2) is 15.8 Å². The molecular formula is C22H29F2N7O3S2. The van der Waals surface area contributed by atoms with Gasteiger partial charge in [0.2, 0.25) is 10.0 Å². The van der Waals surface area contributed by atoms with E-state index < -0.39 is 32.6 Å². The van der Waals surface area contributed by atoms with E-state index in [0.717, 1.165) is 24.2 Å². The van der Waals surface area contributed by atoms with Gasteiger partial charge in [-0.2, -0.15) is 0 Å². The van der Waals surface area contributed by atoms with Crippen LogP contribution in [0.4, 0.5) is 14.5 Å². The Morgan fingerprint density at radius 2 is 1.92 bits per heavy atom. The van der Waals surface area contributed by atoms with Gasteiger partial charge in [-0.3, -0.25) is 4.40 Å². The molecule has 2 fully saturated rings. The van der Waals surface area contributed by atoms with Crippen LogP contribution in [0.2, 0.25) is 0 Å². The fourth-order valence-electron chi connectivity index (χ4n) is 4.61. The molecule has 1 saturated carbocycles. The summed E-state index contributed by atoms with van der Waals surface area (Å²) in [5.41, 5.74) is -0.0343. The monoisotopic (exact) mass is 541 g/mol. The van der Waals surface area contributed by atoms with Crippen LogP contribution in [0.3, 0.4) is 0 Å². The molecule has 0 bridgehead atoms. The Morgan fingerprint density at radius 3 is 2.50 bits per heavy atom. The van der Waals surface area contributed by atoms with Crippen molar-refractivity contribution in [3.8, 4) is 10.8 Å². The van der Waals surface area contributed by atoms with Crippen molar-refractivity contribution in [1.29, 1.82) is 0 Å². The van der Waals surface area contributed by atoms with Gasteiger partial charge >= 0.3 is 0 Å². The van der Waals surface area contributed by atoms with Gasteiger partial charge in [-0.25, -0.2) is 26.9 Å². The van der Waals surface area contributed by atoms with Crippen LogP contribution in [-0.2, 0) is 10.0 Å². The first kappa shape index (κ1) is 25.4. The molecule has 36 heavy (non-hydrogen) atoms. The minimum absolute atomic E-state index is 0.0464. The van der Waals surface area contributed by atoms with Crippen LogP contribution in [-0.4, -0.2) is 82.9 Å². The second kappa shape index (κ2) is 8.94. The number of halogens is 2. The number of likely N-dealkylation sites (N-methyl/N-ethyl adjacent to an activating group) is 1. The zero-order chi connectivity index (χ0) is 25.9. The summed E-state index contributed by atoms with van der Waals surface area (Å²) in [4.78, 5) is 8.43. The molecule has 1 saturated heterocycles. The van der Waals surface area contributed by atoms with Crippen molar-refractivity contribution >= 4 is 32.6 Å². The summed E-state index contributed by atoms with van der Waals surface area (Å²) in [6.07, 6.45) is 2.82. The molecule has 1 aliphatic heterocycles. The van der Waals surface area contributed by atoms with Gasteiger partial charge in [0.05, 0.1) is 23.0 Å². The molecule has 10 nitrogen and oxygen atoms in total. The first-order chi connectivity index (χ1) is 16.9. The number of pyridine rings is 1. The molecule has 0 aromatic carbocycles. The van der Waals surface area contributed by atoms with E-state index in [-0.39, 0.29) is 15.7 Å². The Balaban J connectivity index is 1.57. The molecule has 196 valence electrons. The highest BCUT2D eigenvalue weighted by atomic mass is 32.2. The van der Waals surface area contributed by atoms with Crippen LogP contribution in [0.25, 0.3) is 16.3 Å². The molecule has 1 aliphatic carbocycles. The van der Waals surface area contributed by atoms with E-state index in [4.69, 9.17) is 0 Å². The molecule has 0 unspecified atom stereocenters. The number of nitrogens with zero attached hydrogens (tertiary/aromatic N) is 6. The van der Waals surface area contributed by atoms with E-state index in [9.17, 15) is 22.3 Å². The molecule has 0 radical (unpaired) electrons. The molecule has 2 N–H and O–H groups in total. The average Bonchev–Trinajstić information content (AvgIpc) is 3.17. The number of aliphatic hydroxyl groups is 1. The predicted octanol–water partition coefficient (Wildman–Crippen LogP) is 2.51. The number of rotatable bonds is 8. The molecule has 3 aromatic heterocycles. The van der Waals surface area contributed by atoms with Gasteiger partial charge in [0, 0.05) is 31.4 Å². The lowest BCUT2D eigenvalue weighted by Gasteiger charge is -2.40. The third kappa shape index (κ3) is 4.96. The quantitative estimate of drug-likeness (QED) is 0.447. The van der Waals surface area contributed by atoms with Gasteiger partial charge in [-0.05, 0) is 52.8 Å². The number of anilines is 1. The fourth-order valence-corrected chi connectivity index (χ4v) is 6.78. The first-order valence-electron chi connectivity index (χ1n) is 11.7. The van der Waals surface area contributed by atoms with E-state index in [1.165, 1.54) is 6.20 Å². The van der Waals surface area contributed by atoms with Gasteiger partial charge in [-0.1, -0.05) is 11.3 Å². The Hall–Kier alpha value is -2.26. The number of alkyl halides is 2. The Bertz CT molecular complexity index is 1380. The highest BCUT2D eigenvalue weighted by Crippen LogP contribution is 2.38. The number of imidazole rings is 1. The normalized spacial score (nSPS) is 19.5. The minimum Gasteiger partial charge on any atom is -0.388 e. The zero-order valence-corrected chi connectivity index (χ0v) is 21.9. The third-order valence-electron chi connectivity index (χ3n) is 6.75. The molecular weight excluding hydrogens is 512 g/mol. The zero-order valence-electron chi connectivity index (χ0n) is 20.3. The van der Waals surface area contributed by atoms with Crippen molar-refractivity contribution in [3.05, 3.63) is 23.5 Å². The van der Waals surface area contributed by atoms with Crippen molar-refractivity contribution < 1.29 is 22.3 Å². The summed E-state index contributed by atoms with van der Waals surface area (Å²) < 4.78 is 57.3. The molecule has 4 heterocycles. The smallest absolute Gasteiger partial charge is 0.291 e. The standard InChI is InChI=1S/C22H29F2N7O3S2/c1-21(4-5-21)28-36(33,34)14-10-15(30-8-6-22(32,7-9-30)13-29(2)3)16-11-25-18(31(16)12-14)20-27-26-19(35-20)17(23)24/h10-12,17,28,32H,4-9,13H2,1-3H3. The summed E-state index contributed by atoms with van der Waals surface area (Å²) in [6.45, 7) is 3.43. The first-order valence-corrected chi connectivity index (χ1v) is 14.0. The molecule has 0 spiro atoms. The van der Waals surface area contributed by atoms with Gasteiger partial charge in [-0.15, -0.1) is 10.2 Å².